The lowest BCUT2D eigenvalue weighted by Crippen LogP contribution is -2.03. The molecule has 0 saturated heterocycles. The first kappa shape index (κ1) is 10.6. The third-order valence-electron chi connectivity index (χ3n) is 2.08. The lowest BCUT2D eigenvalue weighted by atomic mass is 9.99. The predicted octanol–water partition coefficient (Wildman–Crippen LogP) is 2.72. The van der Waals surface area contributed by atoms with Crippen molar-refractivity contribution < 1.29 is 13.6 Å². The number of carbonyl (C=O) groups is 1. The van der Waals surface area contributed by atoms with Crippen LogP contribution in [0.25, 0.3) is 0 Å². The Morgan fingerprint density at radius 1 is 1.43 bits per heavy atom. The van der Waals surface area contributed by atoms with Crippen LogP contribution in [0.1, 0.15) is 34.8 Å². The lowest BCUT2D eigenvalue weighted by Gasteiger charge is -2.09. The number of anilines is 1. The molecule has 0 bridgehead atoms. The number of hydrogen-bond donors (Lipinski definition) is 1. The van der Waals surface area contributed by atoms with E-state index in [9.17, 15) is 13.6 Å². The van der Waals surface area contributed by atoms with Gasteiger partial charge in [0.2, 0.25) is 0 Å². The summed E-state index contributed by atoms with van der Waals surface area (Å²) in [7, 11) is 0. The van der Waals surface area contributed by atoms with E-state index in [0.29, 0.717) is 5.56 Å². The summed E-state index contributed by atoms with van der Waals surface area (Å²) >= 11 is 0. The summed E-state index contributed by atoms with van der Waals surface area (Å²) in [5.74, 6) is -0.253. The van der Waals surface area contributed by atoms with E-state index in [1.807, 2.05) is 0 Å². The normalized spacial score (nSPS) is 10.6. The molecule has 0 aliphatic rings. The van der Waals surface area contributed by atoms with Crippen LogP contribution in [0.15, 0.2) is 12.1 Å². The van der Waals surface area contributed by atoms with Crippen LogP contribution in [-0.2, 0) is 0 Å². The molecule has 0 fully saturated rings. The van der Waals surface area contributed by atoms with Gasteiger partial charge in [-0.1, -0.05) is 0 Å². The van der Waals surface area contributed by atoms with Crippen LogP contribution in [0, 0.1) is 6.92 Å². The number of benzene rings is 1. The maximum atomic E-state index is 12.5. The Balaban J connectivity index is 3.40. The van der Waals surface area contributed by atoms with Crippen molar-refractivity contribution in [3.8, 4) is 0 Å². The highest BCUT2D eigenvalue weighted by atomic mass is 19.3. The fourth-order valence-electron chi connectivity index (χ4n) is 1.35. The van der Waals surface area contributed by atoms with Crippen molar-refractivity contribution >= 4 is 11.5 Å². The van der Waals surface area contributed by atoms with Gasteiger partial charge < -0.3 is 5.73 Å². The molecule has 4 heteroatoms. The van der Waals surface area contributed by atoms with Gasteiger partial charge in [0.25, 0.3) is 6.43 Å². The largest absolute Gasteiger partial charge is 0.399 e. The molecule has 0 heterocycles. The standard InChI is InChI=1S/C10H11F2NO/c1-5-8(6(2)14)3-7(13)4-9(5)10(11)12/h3-4,10H,13H2,1-2H3. The van der Waals surface area contributed by atoms with E-state index in [1.54, 1.807) is 0 Å². The molecule has 0 aliphatic carbocycles. The Morgan fingerprint density at radius 3 is 2.43 bits per heavy atom. The van der Waals surface area contributed by atoms with Crippen molar-refractivity contribution in [1.82, 2.24) is 0 Å². The smallest absolute Gasteiger partial charge is 0.264 e. The Kier molecular flexibility index (Phi) is 2.84. The molecule has 2 N–H and O–H groups in total. The second kappa shape index (κ2) is 3.74. The van der Waals surface area contributed by atoms with Gasteiger partial charge in [-0.2, -0.15) is 0 Å². The summed E-state index contributed by atoms with van der Waals surface area (Å²) in [6.07, 6.45) is -2.60. The minimum atomic E-state index is -2.60. The molecule has 2 nitrogen and oxygen atoms in total. The summed E-state index contributed by atoms with van der Waals surface area (Å²) in [6, 6.07) is 2.62. The van der Waals surface area contributed by atoms with Gasteiger partial charge in [0.05, 0.1) is 0 Å². The summed E-state index contributed by atoms with van der Waals surface area (Å²) < 4.78 is 25.0. The Morgan fingerprint density at radius 2 is 2.00 bits per heavy atom. The molecule has 0 saturated carbocycles. The van der Waals surface area contributed by atoms with E-state index >= 15 is 0 Å². The number of Topliss-reactive ketones (excluding diaryl/α,β-unsaturated/α-hetero) is 1. The van der Waals surface area contributed by atoms with Gasteiger partial charge in [0.15, 0.2) is 5.78 Å². The Hall–Kier alpha value is -1.45. The molecule has 0 atom stereocenters. The number of nitrogens with two attached hydrogens (primary N) is 1. The maximum absolute atomic E-state index is 12.5. The van der Waals surface area contributed by atoms with Gasteiger partial charge in [-0.3, -0.25) is 4.79 Å². The Labute approximate surface area is 80.7 Å². The SMILES string of the molecule is CC(=O)c1cc(N)cc(C(F)F)c1C. The fourth-order valence-corrected chi connectivity index (χ4v) is 1.35. The molecular weight excluding hydrogens is 188 g/mol. The number of halogens is 2. The highest BCUT2D eigenvalue weighted by Crippen LogP contribution is 2.27. The van der Waals surface area contributed by atoms with Crippen molar-refractivity contribution in [3.05, 3.63) is 28.8 Å². The average molecular weight is 199 g/mol. The summed E-state index contributed by atoms with van der Waals surface area (Å²) in [5.41, 5.74) is 6.01. The number of rotatable bonds is 2. The van der Waals surface area contributed by atoms with Crippen LogP contribution in [0.3, 0.4) is 0 Å². The molecular formula is C10H11F2NO. The number of nitrogen functional groups attached to an aromatic ring is 1. The molecule has 0 radical (unpaired) electrons. The van der Waals surface area contributed by atoms with Gasteiger partial charge in [0.1, 0.15) is 0 Å². The van der Waals surface area contributed by atoms with Gasteiger partial charge >= 0.3 is 0 Å². The molecule has 0 aliphatic heterocycles. The number of alkyl halides is 2. The number of carbonyl (C=O) groups excluding carboxylic acids is 1. The van der Waals surface area contributed by atoms with Crippen LogP contribution in [-0.4, -0.2) is 5.78 Å². The molecule has 0 aromatic heterocycles. The minimum absolute atomic E-state index is 0.171. The average Bonchev–Trinajstić information content (AvgIpc) is 2.07. The second-order valence-electron chi connectivity index (χ2n) is 3.14. The highest BCUT2D eigenvalue weighted by Gasteiger charge is 2.16. The zero-order valence-electron chi connectivity index (χ0n) is 7.97. The van der Waals surface area contributed by atoms with E-state index in [4.69, 9.17) is 5.73 Å². The molecule has 76 valence electrons. The monoisotopic (exact) mass is 199 g/mol. The molecule has 1 rings (SSSR count). The first-order valence-corrected chi connectivity index (χ1v) is 4.12. The van der Waals surface area contributed by atoms with Gasteiger partial charge in [0, 0.05) is 16.8 Å². The quantitative estimate of drug-likeness (QED) is 0.587. The van der Waals surface area contributed by atoms with E-state index < -0.39 is 6.43 Å². The fraction of sp³-hybridized carbons (Fsp3) is 0.300. The third-order valence-corrected chi connectivity index (χ3v) is 2.08. The first-order chi connectivity index (χ1) is 6.43. The summed E-state index contributed by atoms with van der Waals surface area (Å²) in [4.78, 5) is 11.1. The van der Waals surface area contributed by atoms with Crippen LogP contribution in [0.4, 0.5) is 14.5 Å². The van der Waals surface area contributed by atoms with Crippen LogP contribution in [0.5, 0.6) is 0 Å². The van der Waals surface area contributed by atoms with Gasteiger partial charge in [-0.05, 0) is 31.5 Å². The summed E-state index contributed by atoms with van der Waals surface area (Å²) in [5, 5.41) is 0. The first-order valence-electron chi connectivity index (χ1n) is 4.12. The van der Waals surface area contributed by atoms with Gasteiger partial charge in [-0.15, -0.1) is 0 Å². The topological polar surface area (TPSA) is 43.1 Å². The molecule has 14 heavy (non-hydrogen) atoms. The number of ketones is 1. The Bertz CT molecular complexity index is 375. The zero-order chi connectivity index (χ0) is 10.9. The number of hydrogen-bond acceptors (Lipinski definition) is 2. The van der Waals surface area contributed by atoms with Crippen molar-refractivity contribution in [1.29, 1.82) is 0 Å². The van der Waals surface area contributed by atoms with Crippen molar-refractivity contribution in [2.45, 2.75) is 20.3 Å². The van der Waals surface area contributed by atoms with Gasteiger partial charge in [-0.25, -0.2) is 8.78 Å². The van der Waals surface area contributed by atoms with Crippen LogP contribution >= 0.6 is 0 Å². The highest BCUT2D eigenvalue weighted by molar-refractivity contribution is 5.96. The molecule has 0 spiro atoms. The zero-order valence-corrected chi connectivity index (χ0v) is 7.97. The summed E-state index contributed by atoms with van der Waals surface area (Å²) in [6.45, 7) is 2.83. The van der Waals surface area contributed by atoms with E-state index in [0.717, 1.165) is 0 Å². The molecule has 1 aromatic carbocycles. The van der Waals surface area contributed by atoms with Crippen LogP contribution < -0.4 is 5.73 Å². The molecule has 0 amide bonds. The van der Waals surface area contributed by atoms with Crippen molar-refractivity contribution in [3.63, 3.8) is 0 Å². The second-order valence-corrected chi connectivity index (χ2v) is 3.14. The molecule has 1 aromatic rings. The van der Waals surface area contributed by atoms with E-state index in [-0.39, 0.29) is 22.6 Å². The third kappa shape index (κ3) is 1.89. The maximum Gasteiger partial charge on any atom is 0.264 e. The van der Waals surface area contributed by atoms with Crippen molar-refractivity contribution in [2.75, 3.05) is 5.73 Å². The minimum Gasteiger partial charge on any atom is -0.399 e. The lowest BCUT2D eigenvalue weighted by molar-refractivity contribution is 0.101. The van der Waals surface area contributed by atoms with E-state index in [2.05, 4.69) is 0 Å². The predicted molar refractivity (Wildman–Crippen MR) is 50.6 cm³/mol. The van der Waals surface area contributed by atoms with Crippen molar-refractivity contribution in [2.24, 2.45) is 0 Å². The molecule has 0 unspecified atom stereocenters. The van der Waals surface area contributed by atoms with Crippen LogP contribution in [0.2, 0.25) is 0 Å². The van der Waals surface area contributed by atoms with E-state index in [1.165, 1.54) is 26.0 Å².